The number of ether oxygens (including phenoxy) is 2. The molecule has 0 saturated carbocycles. The van der Waals surface area contributed by atoms with Gasteiger partial charge < -0.3 is 14.0 Å². The van der Waals surface area contributed by atoms with Crippen molar-refractivity contribution in [1.82, 2.24) is 4.57 Å². The minimum atomic E-state index is -0.0304. The van der Waals surface area contributed by atoms with Gasteiger partial charge in [0.2, 0.25) is 0 Å². The Kier molecular flexibility index (Phi) is 7.10. The highest BCUT2D eigenvalue weighted by Crippen LogP contribution is 2.45. The maximum Gasteiger partial charge on any atom is 0.260 e. The lowest BCUT2D eigenvalue weighted by Gasteiger charge is -2.33. The monoisotopic (exact) mass is 763 g/mol. The summed E-state index contributed by atoms with van der Waals surface area (Å²) >= 11 is 0. The topological polar surface area (TPSA) is 23.4 Å². The number of fused-ring (bicyclic) bond motifs is 9. The van der Waals surface area contributed by atoms with E-state index in [-0.39, 0.29) is 6.71 Å². The van der Waals surface area contributed by atoms with Gasteiger partial charge in [0.1, 0.15) is 23.0 Å². The molecule has 0 spiro atoms. The van der Waals surface area contributed by atoms with Gasteiger partial charge in [0, 0.05) is 28.0 Å². The lowest BCUT2D eigenvalue weighted by Crippen LogP contribution is -2.57. The number of hydrogen-bond donors (Lipinski definition) is 0. The second kappa shape index (κ2) is 12.8. The number of nitrogens with zero attached hydrogens (tertiary/aromatic N) is 1. The van der Waals surface area contributed by atoms with E-state index >= 15 is 0 Å². The first kappa shape index (κ1) is 33.2. The first-order valence-corrected chi connectivity index (χ1v) is 20.6. The SMILES string of the molecule is c1ccc(-c2c3ccccc3c(-c3cccc(-c4cc5c6c(c4)Oc4cc(-n7c8ccccc8c8ccccc87)ccc4B6c4ccccc4O5)c3)c3ccccc23)cc1. The second-order valence-electron chi connectivity index (χ2n) is 15.9. The van der Waals surface area contributed by atoms with Gasteiger partial charge in [-0.05, 0) is 108 Å². The molecular weight excluding hydrogens is 729 g/mol. The Labute approximate surface area is 347 Å². The number of benzene rings is 10. The van der Waals surface area contributed by atoms with Crippen molar-refractivity contribution in [3.8, 4) is 62.1 Å². The zero-order valence-corrected chi connectivity index (χ0v) is 32.5. The van der Waals surface area contributed by atoms with Crippen molar-refractivity contribution in [3.05, 3.63) is 206 Å². The highest BCUT2D eigenvalue weighted by Gasteiger charge is 2.40. The molecule has 0 saturated heterocycles. The number of rotatable bonds is 4. The van der Waals surface area contributed by atoms with Crippen LogP contribution < -0.4 is 25.9 Å². The molecule has 0 amide bonds. The highest BCUT2D eigenvalue weighted by molar-refractivity contribution is 6.98. The van der Waals surface area contributed by atoms with Gasteiger partial charge in [-0.25, -0.2) is 0 Å². The predicted molar refractivity (Wildman–Crippen MR) is 250 cm³/mol. The first-order valence-electron chi connectivity index (χ1n) is 20.6. The van der Waals surface area contributed by atoms with Gasteiger partial charge in [-0.1, -0.05) is 158 Å². The Balaban J connectivity index is 0.985. The molecule has 278 valence electrons. The fraction of sp³-hybridized carbons (Fsp3) is 0. The molecule has 3 heterocycles. The van der Waals surface area contributed by atoms with E-state index in [2.05, 4.69) is 211 Å². The van der Waals surface area contributed by atoms with Crippen LogP contribution in [0.5, 0.6) is 23.0 Å². The smallest absolute Gasteiger partial charge is 0.260 e. The van der Waals surface area contributed by atoms with Crippen molar-refractivity contribution in [1.29, 1.82) is 0 Å². The van der Waals surface area contributed by atoms with Crippen molar-refractivity contribution in [2.75, 3.05) is 0 Å². The van der Waals surface area contributed by atoms with Crippen LogP contribution in [0.4, 0.5) is 0 Å². The van der Waals surface area contributed by atoms with Crippen LogP contribution in [0.1, 0.15) is 0 Å². The Morgan fingerprint density at radius 3 is 1.48 bits per heavy atom. The van der Waals surface area contributed by atoms with Crippen LogP contribution in [0.3, 0.4) is 0 Å². The van der Waals surface area contributed by atoms with Crippen molar-refractivity contribution in [3.63, 3.8) is 0 Å². The van der Waals surface area contributed by atoms with E-state index in [1.165, 1.54) is 60.0 Å². The molecule has 11 aromatic rings. The number of aromatic nitrogens is 1. The third-order valence-electron chi connectivity index (χ3n) is 12.7. The molecule has 0 radical (unpaired) electrons. The number of hydrogen-bond acceptors (Lipinski definition) is 2. The van der Waals surface area contributed by atoms with E-state index < -0.39 is 0 Å². The predicted octanol–water partition coefficient (Wildman–Crippen LogP) is 12.8. The highest BCUT2D eigenvalue weighted by atomic mass is 16.5. The van der Waals surface area contributed by atoms with E-state index in [0.717, 1.165) is 61.8 Å². The maximum absolute atomic E-state index is 7.06. The summed E-state index contributed by atoms with van der Waals surface area (Å²) in [6.07, 6.45) is 0. The molecule has 0 aliphatic carbocycles. The Morgan fingerprint density at radius 1 is 0.317 bits per heavy atom. The summed E-state index contributed by atoms with van der Waals surface area (Å²) in [6, 6.07) is 74.3. The van der Waals surface area contributed by atoms with Crippen molar-refractivity contribution in [2.24, 2.45) is 0 Å². The third kappa shape index (κ3) is 4.85. The number of para-hydroxylation sites is 3. The summed E-state index contributed by atoms with van der Waals surface area (Å²) < 4.78 is 16.2. The van der Waals surface area contributed by atoms with Crippen LogP contribution in [0.2, 0.25) is 0 Å². The molecule has 0 unspecified atom stereocenters. The van der Waals surface area contributed by atoms with Crippen LogP contribution in [0.15, 0.2) is 206 Å². The van der Waals surface area contributed by atoms with Crippen LogP contribution in [-0.2, 0) is 0 Å². The van der Waals surface area contributed by atoms with Gasteiger partial charge in [-0.3, -0.25) is 0 Å². The third-order valence-corrected chi connectivity index (χ3v) is 12.7. The van der Waals surface area contributed by atoms with Gasteiger partial charge >= 0.3 is 0 Å². The Bertz CT molecular complexity index is 3460. The summed E-state index contributed by atoms with van der Waals surface area (Å²) in [4.78, 5) is 0. The molecule has 13 rings (SSSR count). The molecule has 0 atom stereocenters. The molecule has 3 nitrogen and oxygen atoms in total. The summed E-state index contributed by atoms with van der Waals surface area (Å²) in [5, 5.41) is 7.42. The first-order chi connectivity index (χ1) is 29.8. The molecular formula is C56H34BNO2. The Morgan fingerprint density at radius 2 is 0.817 bits per heavy atom. The average Bonchev–Trinajstić information content (AvgIpc) is 3.65. The molecule has 0 bridgehead atoms. The summed E-state index contributed by atoms with van der Waals surface area (Å²) in [6.45, 7) is -0.0304. The van der Waals surface area contributed by atoms with Gasteiger partial charge in [0.25, 0.3) is 6.71 Å². The Hall–Kier alpha value is -7.82. The van der Waals surface area contributed by atoms with Crippen molar-refractivity contribution < 1.29 is 9.47 Å². The van der Waals surface area contributed by atoms with E-state index in [9.17, 15) is 0 Å². The molecule has 0 fully saturated rings. The van der Waals surface area contributed by atoms with Crippen LogP contribution >= 0.6 is 0 Å². The maximum atomic E-state index is 7.06. The largest absolute Gasteiger partial charge is 0.458 e. The molecule has 60 heavy (non-hydrogen) atoms. The zero-order valence-electron chi connectivity index (χ0n) is 32.5. The molecule has 0 N–H and O–H groups in total. The van der Waals surface area contributed by atoms with Crippen LogP contribution in [0.25, 0.3) is 82.4 Å². The van der Waals surface area contributed by atoms with Gasteiger partial charge in [0.15, 0.2) is 0 Å². The molecule has 4 heteroatoms. The summed E-state index contributed by atoms with van der Waals surface area (Å²) in [5.74, 6) is 3.39. The quantitative estimate of drug-likeness (QED) is 0.132. The molecule has 2 aliphatic rings. The summed E-state index contributed by atoms with van der Waals surface area (Å²) in [7, 11) is 0. The minimum Gasteiger partial charge on any atom is -0.458 e. The van der Waals surface area contributed by atoms with Gasteiger partial charge in [-0.2, -0.15) is 0 Å². The molecule has 10 aromatic carbocycles. The molecule has 1 aromatic heterocycles. The second-order valence-corrected chi connectivity index (χ2v) is 15.9. The minimum absolute atomic E-state index is 0.0304. The van der Waals surface area contributed by atoms with Crippen LogP contribution in [0, 0.1) is 0 Å². The summed E-state index contributed by atoms with van der Waals surface area (Å²) in [5.41, 5.74) is 13.8. The van der Waals surface area contributed by atoms with E-state index in [1.54, 1.807) is 0 Å². The van der Waals surface area contributed by atoms with Gasteiger partial charge in [-0.15, -0.1) is 0 Å². The zero-order chi connectivity index (χ0) is 39.3. The van der Waals surface area contributed by atoms with Gasteiger partial charge in [0.05, 0.1) is 11.0 Å². The van der Waals surface area contributed by atoms with E-state index in [4.69, 9.17) is 9.47 Å². The van der Waals surface area contributed by atoms with E-state index in [1.807, 2.05) is 0 Å². The van der Waals surface area contributed by atoms with Crippen molar-refractivity contribution in [2.45, 2.75) is 0 Å². The normalized spacial score (nSPS) is 12.6. The van der Waals surface area contributed by atoms with E-state index in [0.29, 0.717) is 0 Å². The fourth-order valence-corrected chi connectivity index (χ4v) is 10.1. The van der Waals surface area contributed by atoms with Crippen LogP contribution in [-0.4, -0.2) is 11.3 Å². The fourth-order valence-electron chi connectivity index (χ4n) is 10.1. The van der Waals surface area contributed by atoms with Crippen molar-refractivity contribution >= 4 is 66.5 Å². The lowest BCUT2D eigenvalue weighted by molar-refractivity contribution is 0.465. The lowest BCUT2D eigenvalue weighted by atomic mass is 9.35. The molecule has 2 aliphatic heterocycles. The standard InChI is InChI=1S/C56H34BNO2/c1-2-15-35(16-3-1)54-42-21-4-6-23-44(42)55(45-24-7-5-22-43(45)54)37-18-14-17-36(31-37)38-32-52-56-53(33-38)60-51-34-39(29-30-47(51)57(56)46-25-10-13-28-50(46)59-52)58-48-26-11-8-19-40(48)41-20-9-12-27-49(41)58/h1-34H. The average molecular weight is 764 g/mol.